The van der Waals surface area contributed by atoms with Gasteiger partial charge in [-0.25, -0.2) is 8.42 Å². The second kappa shape index (κ2) is 7.63. The molecule has 0 saturated carbocycles. The van der Waals surface area contributed by atoms with Crippen LogP contribution in [-0.4, -0.2) is 53.4 Å². The third kappa shape index (κ3) is 4.52. The van der Waals surface area contributed by atoms with E-state index in [-0.39, 0.29) is 48.0 Å². The van der Waals surface area contributed by atoms with Gasteiger partial charge in [0.05, 0.1) is 17.5 Å². The minimum absolute atomic E-state index is 0.0458. The molecule has 2 saturated heterocycles. The molecule has 0 aliphatic carbocycles. The molecule has 7 nitrogen and oxygen atoms in total. The van der Waals surface area contributed by atoms with Gasteiger partial charge in [-0.15, -0.1) is 0 Å². The first-order chi connectivity index (χ1) is 12.7. The Morgan fingerprint density at radius 1 is 1.26 bits per heavy atom. The Balaban J connectivity index is 1.89. The van der Waals surface area contributed by atoms with Gasteiger partial charge < -0.3 is 10.0 Å². The molecule has 2 aliphatic rings. The van der Waals surface area contributed by atoms with E-state index in [1.165, 1.54) is 11.8 Å². The lowest BCUT2D eigenvalue weighted by Gasteiger charge is -2.26. The van der Waals surface area contributed by atoms with Crippen molar-refractivity contribution in [1.82, 2.24) is 0 Å². The van der Waals surface area contributed by atoms with Crippen LogP contribution in [0.15, 0.2) is 23.2 Å². The molecular weight excluding hydrogens is 388 g/mol. The largest absolute Gasteiger partial charge is 0.481 e. The van der Waals surface area contributed by atoms with Crippen LogP contribution in [0.2, 0.25) is 0 Å². The second-order valence-electron chi connectivity index (χ2n) is 7.00. The summed E-state index contributed by atoms with van der Waals surface area (Å²) in [5.41, 5.74) is 2.95. The number of carbonyl (C=O) groups excluding carboxylic acids is 1. The number of thioether (sulfide) groups is 1. The number of hydrogen-bond donors (Lipinski definition) is 1. The normalized spacial score (nSPS) is 25.0. The summed E-state index contributed by atoms with van der Waals surface area (Å²) >= 11 is 1.33. The van der Waals surface area contributed by atoms with Gasteiger partial charge in [0.2, 0.25) is 5.91 Å². The average Bonchev–Trinajstić information content (AvgIpc) is 2.98. The van der Waals surface area contributed by atoms with Crippen LogP contribution in [0.25, 0.3) is 0 Å². The number of anilines is 1. The predicted molar refractivity (Wildman–Crippen MR) is 106 cm³/mol. The third-order valence-electron chi connectivity index (χ3n) is 4.68. The Bertz CT molecular complexity index is 910. The molecule has 0 spiro atoms. The van der Waals surface area contributed by atoms with Crippen LogP contribution in [0.5, 0.6) is 0 Å². The zero-order chi connectivity index (χ0) is 19.8. The molecule has 146 valence electrons. The van der Waals surface area contributed by atoms with E-state index in [9.17, 15) is 18.0 Å². The van der Waals surface area contributed by atoms with Crippen molar-refractivity contribution in [3.63, 3.8) is 0 Å². The summed E-state index contributed by atoms with van der Waals surface area (Å²) in [6.07, 6.45) is 0.221. The maximum absolute atomic E-state index is 12.2. The first-order valence-corrected chi connectivity index (χ1v) is 11.4. The van der Waals surface area contributed by atoms with Crippen molar-refractivity contribution in [3.8, 4) is 0 Å². The van der Waals surface area contributed by atoms with E-state index < -0.39 is 15.8 Å². The van der Waals surface area contributed by atoms with Crippen molar-refractivity contribution in [2.24, 2.45) is 4.99 Å². The van der Waals surface area contributed by atoms with E-state index in [1.54, 1.807) is 0 Å². The Kier molecular flexibility index (Phi) is 5.62. The lowest BCUT2D eigenvalue weighted by molar-refractivity contribution is -0.137. The first-order valence-electron chi connectivity index (χ1n) is 8.73. The lowest BCUT2D eigenvalue weighted by atomic mass is 10.1. The van der Waals surface area contributed by atoms with Gasteiger partial charge in [-0.1, -0.05) is 29.5 Å². The van der Waals surface area contributed by atoms with Gasteiger partial charge in [0.15, 0.2) is 15.0 Å². The fourth-order valence-electron chi connectivity index (χ4n) is 3.48. The summed E-state index contributed by atoms with van der Waals surface area (Å²) in [4.78, 5) is 28.9. The highest BCUT2D eigenvalue weighted by atomic mass is 32.2. The van der Waals surface area contributed by atoms with E-state index in [0.717, 1.165) is 16.8 Å². The van der Waals surface area contributed by atoms with Crippen LogP contribution < -0.4 is 4.90 Å². The molecule has 0 bridgehead atoms. The first kappa shape index (κ1) is 19.9. The van der Waals surface area contributed by atoms with Gasteiger partial charge in [0.1, 0.15) is 0 Å². The number of carbonyl (C=O) groups is 2. The summed E-state index contributed by atoms with van der Waals surface area (Å²) in [5, 5.41) is 9.05. The number of sulfone groups is 1. The molecule has 2 heterocycles. The summed E-state index contributed by atoms with van der Waals surface area (Å²) in [6.45, 7) is 3.94. The molecule has 0 aromatic heterocycles. The predicted octanol–water partition coefficient (Wildman–Crippen LogP) is 2.16. The molecular formula is C18H22N2O5S2. The molecule has 2 fully saturated rings. The third-order valence-corrected chi connectivity index (χ3v) is 7.89. The highest BCUT2D eigenvalue weighted by molar-refractivity contribution is 8.16. The van der Waals surface area contributed by atoms with Crippen molar-refractivity contribution >= 4 is 44.3 Å². The van der Waals surface area contributed by atoms with Crippen LogP contribution in [0.4, 0.5) is 5.69 Å². The molecule has 0 radical (unpaired) electrons. The van der Waals surface area contributed by atoms with Gasteiger partial charge in [-0.2, -0.15) is 4.99 Å². The Morgan fingerprint density at radius 3 is 2.67 bits per heavy atom. The van der Waals surface area contributed by atoms with Gasteiger partial charge in [-0.3, -0.25) is 9.59 Å². The highest BCUT2D eigenvalue weighted by Gasteiger charge is 2.49. The second-order valence-corrected chi connectivity index (χ2v) is 10.4. The number of amidine groups is 1. The summed E-state index contributed by atoms with van der Waals surface area (Å²) in [7, 11) is -3.11. The van der Waals surface area contributed by atoms with Crippen LogP contribution in [0.3, 0.4) is 0 Å². The number of nitrogens with zero attached hydrogens (tertiary/aromatic N) is 2. The smallest absolute Gasteiger partial charge is 0.303 e. The number of fused-ring (bicyclic) bond motifs is 1. The number of amides is 1. The standard InChI is InChI=1S/C18H22N2O5S2/c1-11-6-7-13(12(2)8-11)20-14-9-27(24,25)10-15(14)26-18(20)19-16(21)4-3-5-17(22)23/h6-8,14-15H,3-5,9-10H2,1-2H3,(H,22,23)/t14-,15+/m1/s1. The summed E-state index contributed by atoms with van der Waals surface area (Å²) in [5.74, 6) is -1.20. The Morgan fingerprint density at radius 2 is 2.00 bits per heavy atom. The van der Waals surface area contributed by atoms with Crippen LogP contribution in [0, 0.1) is 13.8 Å². The molecule has 27 heavy (non-hydrogen) atoms. The lowest BCUT2D eigenvalue weighted by Crippen LogP contribution is -2.38. The number of aryl methyl sites for hydroxylation is 2. The maximum Gasteiger partial charge on any atom is 0.303 e. The number of carboxylic acids is 1. The molecule has 2 aliphatic heterocycles. The molecule has 9 heteroatoms. The molecule has 2 atom stereocenters. The average molecular weight is 411 g/mol. The molecule has 1 aromatic rings. The van der Waals surface area contributed by atoms with Gasteiger partial charge in [0, 0.05) is 23.8 Å². The molecule has 1 N–H and O–H groups in total. The van der Waals surface area contributed by atoms with E-state index in [2.05, 4.69) is 4.99 Å². The number of benzene rings is 1. The van der Waals surface area contributed by atoms with Crippen molar-refractivity contribution in [3.05, 3.63) is 29.3 Å². The van der Waals surface area contributed by atoms with Crippen LogP contribution in [-0.2, 0) is 19.4 Å². The van der Waals surface area contributed by atoms with Crippen molar-refractivity contribution < 1.29 is 23.1 Å². The number of hydrogen-bond acceptors (Lipinski definition) is 5. The zero-order valence-corrected chi connectivity index (χ0v) is 16.8. The minimum Gasteiger partial charge on any atom is -0.481 e. The fraction of sp³-hybridized carbons (Fsp3) is 0.500. The number of aliphatic imine (C=N–C) groups is 1. The van der Waals surface area contributed by atoms with Crippen molar-refractivity contribution in [2.75, 3.05) is 16.4 Å². The SMILES string of the molecule is Cc1ccc(N2C(=NC(=O)CCCC(=O)O)S[C@H]3CS(=O)(=O)C[C@H]32)c(C)c1. The molecule has 1 amide bonds. The number of rotatable bonds is 5. The maximum atomic E-state index is 12.2. The molecule has 0 unspecified atom stereocenters. The van der Waals surface area contributed by atoms with Gasteiger partial charge >= 0.3 is 5.97 Å². The fourth-order valence-corrected chi connectivity index (χ4v) is 7.40. The van der Waals surface area contributed by atoms with Crippen molar-refractivity contribution in [1.29, 1.82) is 0 Å². The van der Waals surface area contributed by atoms with E-state index in [0.29, 0.717) is 5.17 Å². The van der Waals surface area contributed by atoms with Gasteiger partial charge in [0.25, 0.3) is 0 Å². The van der Waals surface area contributed by atoms with E-state index in [4.69, 9.17) is 5.11 Å². The zero-order valence-electron chi connectivity index (χ0n) is 15.2. The van der Waals surface area contributed by atoms with Crippen LogP contribution >= 0.6 is 11.8 Å². The quantitative estimate of drug-likeness (QED) is 0.793. The summed E-state index contributed by atoms with van der Waals surface area (Å²) < 4.78 is 24.2. The van der Waals surface area contributed by atoms with Crippen molar-refractivity contribution in [2.45, 2.75) is 44.4 Å². The number of carboxylic acid groups (broad SMARTS) is 1. The topological polar surface area (TPSA) is 104 Å². The van der Waals surface area contributed by atoms with E-state index in [1.807, 2.05) is 36.9 Å². The number of aliphatic carboxylic acids is 1. The van der Waals surface area contributed by atoms with Gasteiger partial charge in [-0.05, 0) is 31.9 Å². The van der Waals surface area contributed by atoms with Crippen LogP contribution in [0.1, 0.15) is 30.4 Å². The monoisotopic (exact) mass is 410 g/mol. The Labute approximate surface area is 162 Å². The minimum atomic E-state index is -3.11. The molecule has 3 rings (SSSR count). The van der Waals surface area contributed by atoms with E-state index >= 15 is 0 Å². The highest BCUT2D eigenvalue weighted by Crippen LogP contribution is 2.42. The summed E-state index contributed by atoms with van der Waals surface area (Å²) in [6, 6.07) is 5.66. The Hall–Kier alpha value is -1.87. The molecule has 1 aromatic carbocycles.